The van der Waals surface area contributed by atoms with Gasteiger partial charge in [-0.05, 0) is 34.9 Å². The number of hydrogen-bond acceptors (Lipinski definition) is 4. The third-order valence-electron chi connectivity index (χ3n) is 3.81. The second kappa shape index (κ2) is 5.31. The molecule has 0 radical (unpaired) electrons. The van der Waals surface area contributed by atoms with Gasteiger partial charge in [-0.25, -0.2) is 4.39 Å². The van der Waals surface area contributed by atoms with Gasteiger partial charge in [-0.1, -0.05) is 12.1 Å². The molecule has 2 aromatic rings. The van der Waals surface area contributed by atoms with E-state index in [9.17, 15) is 9.18 Å². The van der Waals surface area contributed by atoms with Crippen molar-refractivity contribution in [3.8, 4) is 23.4 Å². The minimum Gasteiger partial charge on any atom is -0.302 e. The molecule has 1 heterocycles. The third-order valence-corrected chi connectivity index (χ3v) is 3.81. The van der Waals surface area contributed by atoms with Gasteiger partial charge in [0, 0.05) is 11.1 Å². The number of aldehydes is 1. The average molecular weight is 291 g/mol. The van der Waals surface area contributed by atoms with Crippen LogP contribution in [0.25, 0.3) is 11.1 Å². The standard InChI is InChI=1S/C17H10FN3O/c18-17-4-3-14(15-7-21(10-20)8-16(15)17)13-2-1-11(6-19)5-12(13)9-22/h1-5,9H,7-8H2. The molecular weight excluding hydrogens is 281 g/mol. The van der Waals surface area contributed by atoms with Crippen LogP contribution in [-0.2, 0) is 13.1 Å². The van der Waals surface area contributed by atoms with Gasteiger partial charge >= 0.3 is 0 Å². The lowest BCUT2D eigenvalue weighted by molar-refractivity contribution is 0.112. The Balaban J connectivity index is 2.20. The zero-order valence-electron chi connectivity index (χ0n) is 11.5. The molecule has 0 aromatic heterocycles. The first-order chi connectivity index (χ1) is 10.7. The van der Waals surface area contributed by atoms with Crippen LogP contribution in [-0.4, -0.2) is 11.2 Å². The number of nitriles is 2. The molecule has 0 unspecified atom stereocenters. The van der Waals surface area contributed by atoms with Crippen LogP contribution in [0.4, 0.5) is 4.39 Å². The summed E-state index contributed by atoms with van der Waals surface area (Å²) >= 11 is 0. The lowest BCUT2D eigenvalue weighted by Gasteiger charge is -2.11. The van der Waals surface area contributed by atoms with E-state index in [1.54, 1.807) is 18.2 Å². The van der Waals surface area contributed by atoms with Crippen molar-refractivity contribution in [2.24, 2.45) is 0 Å². The van der Waals surface area contributed by atoms with Crippen LogP contribution in [0, 0.1) is 28.6 Å². The summed E-state index contributed by atoms with van der Waals surface area (Å²) < 4.78 is 13.9. The number of halogens is 1. The Morgan fingerprint density at radius 2 is 1.82 bits per heavy atom. The predicted molar refractivity (Wildman–Crippen MR) is 76.8 cm³/mol. The van der Waals surface area contributed by atoms with E-state index in [-0.39, 0.29) is 12.4 Å². The second-order valence-electron chi connectivity index (χ2n) is 5.04. The molecule has 0 saturated heterocycles. The quantitative estimate of drug-likeness (QED) is 0.630. The zero-order chi connectivity index (χ0) is 15.7. The number of carbonyl (C=O) groups excluding carboxylic acids is 1. The summed E-state index contributed by atoms with van der Waals surface area (Å²) in [5.41, 5.74) is 3.34. The molecule has 0 atom stereocenters. The summed E-state index contributed by atoms with van der Waals surface area (Å²) in [6.45, 7) is 0.551. The van der Waals surface area contributed by atoms with Crippen molar-refractivity contribution in [3.63, 3.8) is 0 Å². The Bertz CT molecular complexity index is 861. The minimum atomic E-state index is -0.349. The molecule has 0 spiro atoms. The van der Waals surface area contributed by atoms with Gasteiger partial charge in [0.15, 0.2) is 12.5 Å². The predicted octanol–water partition coefficient (Wildman–Crippen LogP) is 2.97. The highest BCUT2D eigenvalue weighted by Crippen LogP contribution is 2.35. The molecule has 106 valence electrons. The van der Waals surface area contributed by atoms with Crippen LogP contribution in [0.5, 0.6) is 0 Å². The Morgan fingerprint density at radius 1 is 1.09 bits per heavy atom. The number of benzene rings is 2. The van der Waals surface area contributed by atoms with Crippen molar-refractivity contribution in [1.29, 1.82) is 10.5 Å². The monoisotopic (exact) mass is 291 g/mol. The smallest absolute Gasteiger partial charge is 0.179 e. The number of hydrogen-bond donors (Lipinski definition) is 0. The zero-order valence-corrected chi connectivity index (χ0v) is 11.5. The van der Waals surface area contributed by atoms with Crippen LogP contribution in [0.2, 0.25) is 0 Å². The Morgan fingerprint density at radius 3 is 2.50 bits per heavy atom. The number of carbonyl (C=O) groups is 1. The lowest BCUT2D eigenvalue weighted by atomic mass is 9.93. The van der Waals surface area contributed by atoms with E-state index in [4.69, 9.17) is 10.5 Å². The van der Waals surface area contributed by atoms with E-state index < -0.39 is 0 Å². The summed E-state index contributed by atoms with van der Waals surface area (Å²) in [4.78, 5) is 12.8. The summed E-state index contributed by atoms with van der Waals surface area (Å²) in [7, 11) is 0. The molecule has 0 amide bonds. The van der Waals surface area contributed by atoms with Crippen LogP contribution in [0.3, 0.4) is 0 Å². The first kappa shape index (κ1) is 13.8. The van der Waals surface area contributed by atoms with Gasteiger partial charge in [0.05, 0.1) is 24.7 Å². The maximum Gasteiger partial charge on any atom is 0.179 e. The van der Waals surface area contributed by atoms with Crippen molar-refractivity contribution in [1.82, 2.24) is 4.90 Å². The molecule has 2 aromatic carbocycles. The normalized spacial score (nSPS) is 12.4. The van der Waals surface area contributed by atoms with Crippen molar-refractivity contribution in [2.75, 3.05) is 0 Å². The van der Waals surface area contributed by atoms with Crippen LogP contribution < -0.4 is 0 Å². The fourth-order valence-corrected chi connectivity index (χ4v) is 2.75. The second-order valence-corrected chi connectivity index (χ2v) is 5.04. The largest absolute Gasteiger partial charge is 0.302 e. The fraction of sp³-hybridized carbons (Fsp3) is 0.118. The molecule has 0 N–H and O–H groups in total. The van der Waals surface area contributed by atoms with E-state index in [1.807, 2.05) is 12.3 Å². The molecule has 22 heavy (non-hydrogen) atoms. The van der Waals surface area contributed by atoms with E-state index in [1.165, 1.54) is 17.0 Å². The molecule has 3 rings (SSSR count). The van der Waals surface area contributed by atoms with Gasteiger partial charge in [0.25, 0.3) is 0 Å². The fourth-order valence-electron chi connectivity index (χ4n) is 2.75. The first-order valence-electron chi connectivity index (χ1n) is 6.62. The van der Waals surface area contributed by atoms with Crippen LogP contribution >= 0.6 is 0 Å². The molecule has 0 saturated carbocycles. The summed E-state index contributed by atoms with van der Waals surface area (Å²) in [5, 5.41) is 17.9. The van der Waals surface area contributed by atoms with Gasteiger partial charge < -0.3 is 4.90 Å². The van der Waals surface area contributed by atoms with Crippen molar-refractivity contribution >= 4 is 6.29 Å². The Labute approximate surface area is 126 Å². The average Bonchev–Trinajstić information content (AvgIpc) is 3.00. The van der Waals surface area contributed by atoms with Crippen LogP contribution in [0.15, 0.2) is 30.3 Å². The van der Waals surface area contributed by atoms with Gasteiger partial charge in [0.1, 0.15) is 5.82 Å². The van der Waals surface area contributed by atoms with E-state index >= 15 is 0 Å². The molecule has 0 bridgehead atoms. The van der Waals surface area contributed by atoms with Gasteiger partial charge in [-0.3, -0.25) is 4.79 Å². The summed E-state index contributed by atoms with van der Waals surface area (Å²) in [6, 6.07) is 9.77. The highest BCUT2D eigenvalue weighted by atomic mass is 19.1. The minimum absolute atomic E-state index is 0.234. The Kier molecular flexibility index (Phi) is 3.33. The highest BCUT2D eigenvalue weighted by Gasteiger charge is 2.25. The number of rotatable bonds is 2. The summed E-state index contributed by atoms with van der Waals surface area (Å²) in [5.74, 6) is -0.349. The maximum atomic E-state index is 13.9. The first-order valence-corrected chi connectivity index (χ1v) is 6.62. The number of nitrogens with zero attached hydrogens (tertiary/aromatic N) is 3. The molecule has 0 fully saturated rings. The van der Waals surface area contributed by atoms with E-state index in [0.717, 1.165) is 5.56 Å². The molecule has 5 heteroatoms. The summed E-state index contributed by atoms with van der Waals surface area (Å²) in [6.07, 6.45) is 2.70. The van der Waals surface area contributed by atoms with Crippen molar-refractivity contribution in [3.05, 3.63) is 58.4 Å². The Hall–Kier alpha value is -3.18. The molecule has 4 nitrogen and oxygen atoms in total. The highest BCUT2D eigenvalue weighted by molar-refractivity contribution is 5.89. The molecule has 1 aliphatic rings. The maximum absolute atomic E-state index is 13.9. The van der Waals surface area contributed by atoms with Gasteiger partial charge in [-0.15, -0.1) is 0 Å². The van der Waals surface area contributed by atoms with Gasteiger partial charge in [0.2, 0.25) is 0 Å². The molecule has 1 aliphatic heterocycles. The number of fused-ring (bicyclic) bond motifs is 1. The van der Waals surface area contributed by atoms with E-state index in [0.29, 0.717) is 40.6 Å². The SMILES string of the molecule is N#Cc1ccc(-c2ccc(F)c3c2CN(C#N)C3)c(C=O)c1. The lowest BCUT2D eigenvalue weighted by Crippen LogP contribution is -2.07. The van der Waals surface area contributed by atoms with Gasteiger partial charge in [-0.2, -0.15) is 10.5 Å². The van der Waals surface area contributed by atoms with Crippen molar-refractivity contribution < 1.29 is 9.18 Å². The van der Waals surface area contributed by atoms with Crippen LogP contribution in [0.1, 0.15) is 27.0 Å². The van der Waals surface area contributed by atoms with Crippen molar-refractivity contribution in [2.45, 2.75) is 13.1 Å². The topological polar surface area (TPSA) is 67.9 Å². The van der Waals surface area contributed by atoms with E-state index in [2.05, 4.69) is 0 Å². The molecule has 0 aliphatic carbocycles. The molecular formula is C17H10FN3O. The third kappa shape index (κ3) is 2.10.